The Kier molecular flexibility index (Phi) is 9.37. The largest absolute Gasteiger partial charge is 0.611 e. The number of hydrogen-bond donors (Lipinski definition) is 1. The molecule has 1 atom stereocenters. The van der Waals surface area contributed by atoms with Crippen LogP contribution in [-0.2, 0) is 16.0 Å². The molecule has 0 saturated heterocycles. The fourth-order valence-corrected chi connectivity index (χ4v) is 3.79. The molecule has 30 heavy (non-hydrogen) atoms. The number of aromatic nitrogens is 1. The molecular weight excluding hydrogens is 396 g/mol. The number of nitrogens with zero attached hydrogens (tertiary/aromatic N) is 1. The summed E-state index contributed by atoms with van der Waals surface area (Å²) in [4.78, 5) is 17.5. The summed E-state index contributed by atoms with van der Waals surface area (Å²) in [6.07, 6.45) is 8.68. The summed E-state index contributed by atoms with van der Waals surface area (Å²) in [6.45, 7) is 15.8. The molecule has 0 aliphatic heterocycles. The molecule has 0 radical (unpaired) electrons. The SMILES string of the molecule is C\C=C(/C=C(\C=C(/C)NC(=O)C(C)(C)[S+]([O-])c1ccc(OC)nc1)C(C)(C)C)CC. The molecule has 0 aromatic carbocycles. The Morgan fingerprint density at radius 2 is 1.87 bits per heavy atom. The highest BCUT2D eigenvalue weighted by Crippen LogP contribution is 2.30. The van der Waals surface area contributed by atoms with Gasteiger partial charge in [0.05, 0.1) is 13.3 Å². The second-order valence-electron chi connectivity index (χ2n) is 8.66. The van der Waals surface area contributed by atoms with E-state index in [-0.39, 0.29) is 11.3 Å². The monoisotopic (exact) mass is 432 g/mol. The number of allylic oxidation sites excluding steroid dienone is 6. The number of rotatable bonds is 8. The first kappa shape index (κ1) is 26.0. The van der Waals surface area contributed by atoms with Crippen LogP contribution in [0.5, 0.6) is 5.88 Å². The molecule has 6 heteroatoms. The molecular formula is C24H36N2O3S. The van der Waals surface area contributed by atoms with Crippen molar-refractivity contribution >= 4 is 17.1 Å². The number of nitrogens with one attached hydrogen (secondary N) is 1. The Morgan fingerprint density at radius 1 is 1.23 bits per heavy atom. The zero-order chi connectivity index (χ0) is 23.1. The third kappa shape index (κ3) is 7.03. The molecule has 1 rings (SSSR count). The maximum Gasteiger partial charge on any atom is 0.280 e. The average Bonchev–Trinajstić information content (AvgIpc) is 2.69. The van der Waals surface area contributed by atoms with Gasteiger partial charge in [0.1, 0.15) is 0 Å². The molecule has 0 fully saturated rings. The van der Waals surface area contributed by atoms with Crippen LogP contribution in [0.25, 0.3) is 0 Å². The van der Waals surface area contributed by atoms with E-state index >= 15 is 0 Å². The van der Waals surface area contributed by atoms with Crippen LogP contribution < -0.4 is 10.1 Å². The second kappa shape index (κ2) is 10.8. The lowest BCUT2D eigenvalue weighted by Crippen LogP contribution is -2.47. The van der Waals surface area contributed by atoms with Crippen LogP contribution in [0, 0.1) is 5.41 Å². The third-order valence-electron chi connectivity index (χ3n) is 4.81. The highest BCUT2D eigenvalue weighted by Gasteiger charge is 2.42. The van der Waals surface area contributed by atoms with Crippen molar-refractivity contribution in [2.24, 2.45) is 5.41 Å². The number of amides is 1. The third-order valence-corrected chi connectivity index (χ3v) is 6.59. The molecule has 0 bridgehead atoms. The van der Waals surface area contributed by atoms with Crippen molar-refractivity contribution in [1.82, 2.24) is 10.3 Å². The Balaban J connectivity index is 3.09. The van der Waals surface area contributed by atoms with E-state index in [0.29, 0.717) is 16.5 Å². The molecule has 1 aromatic rings. The zero-order valence-electron chi connectivity index (χ0n) is 19.8. The van der Waals surface area contributed by atoms with Gasteiger partial charge in [0, 0.05) is 29.0 Å². The lowest BCUT2D eigenvalue weighted by Gasteiger charge is -2.27. The van der Waals surface area contributed by atoms with Crippen molar-refractivity contribution in [3.8, 4) is 5.88 Å². The van der Waals surface area contributed by atoms with Crippen LogP contribution in [0.1, 0.15) is 61.8 Å². The van der Waals surface area contributed by atoms with Gasteiger partial charge in [0.2, 0.25) is 10.6 Å². The van der Waals surface area contributed by atoms with E-state index in [4.69, 9.17) is 4.74 Å². The van der Waals surface area contributed by atoms with Crippen molar-refractivity contribution in [2.45, 2.75) is 71.5 Å². The molecule has 0 saturated carbocycles. The van der Waals surface area contributed by atoms with Crippen LogP contribution in [0.15, 0.2) is 58.3 Å². The number of methoxy groups -OCH3 is 1. The van der Waals surface area contributed by atoms with E-state index in [0.717, 1.165) is 12.0 Å². The van der Waals surface area contributed by atoms with Crippen molar-refractivity contribution in [3.05, 3.63) is 53.4 Å². The second-order valence-corrected chi connectivity index (χ2v) is 10.7. The summed E-state index contributed by atoms with van der Waals surface area (Å²) >= 11 is -1.57. The minimum atomic E-state index is -1.57. The molecule has 0 aliphatic carbocycles. The molecule has 1 heterocycles. The molecule has 1 aromatic heterocycles. The lowest BCUT2D eigenvalue weighted by atomic mass is 9.84. The minimum absolute atomic E-state index is 0.0808. The Morgan fingerprint density at radius 3 is 2.30 bits per heavy atom. The van der Waals surface area contributed by atoms with Crippen LogP contribution >= 0.6 is 0 Å². The predicted octanol–water partition coefficient (Wildman–Crippen LogP) is 5.33. The minimum Gasteiger partial charge on any atom is -0.611 e. The summed E-state index contributed by atoms with van der Waals surface area (Å²) in [5.74, 6) is 0.131. The van der Waals surface area contributed by atoms with E-state index in [1.54, 1.807) is 26.0 Å². The zero-order valence-corrected chi connectivity index (χ0v) is 20.6. The Hall–Kier alpha value is -2.05. The van der Waals surface area contributed by atoms with Gasteiger partial charge in [-0.1, -0.05) is 45.4 Å². The van der Waals surface area contributed by atoms with E-state index in [1.807, 2.05) is 19.9 Å². The fraction of sp³-hybridized carbons (Fsp3) is 0.500. The summed E-state index contributed by atoms with van der Waals surface area (Å²) < 4.78 is 16.9. The number of pyridine rings is 1. The van der Waals surface area contributed by atoms with Crippen LogP contribution in [-0.4, -0.2) is 27.3 Å². The smallest absolute Gasteiger partial charge is 0.280 e. The molecule has 0 aliphatic rings. The molecule has 1 amide bonds. The summed E-state index contributed by atoms with van der Waals surface area (Å²) in [5.41, 5.74) is 2.99. The van der Waals surface area contributed by atoms with Crippen molar-refractivity contribution in [1.29, 1.82) is 0 Å². The highest BCUT2D eigenvalue weighted by atomic mass is 32.2. The van der Waals surface area contributed by atoms with E-state index < -0.39 is 15.9 Å². The van der Waals surface area contributed by atoms with Gasteiger partial charge < -0.3 is 14.6 Å². The first-order chi connectivity index (χ1) is 13.9. The number of hydrogen-bond acceptors (Lipinski definition) is 4. The van der Waals surface area contributed by atoms with Gasteiger partial charge in [-0.05, 0) is 51.2 Å². The van der Waals surface area contributed by atoms with Gasteiger partial charge in [-0.3, -0.25) is 4.79 Å². The molecule has 1 unspecified atom stereocenters. The van der Waals surface area contributed by atoms with Gasteiger partial charge in [-0.15, -0.1) is 0 Å². The standard InChI is InChI=1S/C24H36N2O3S/c1-10-18(11-2)15-19(23(4,5)6)14-17(3)26-22(27)24(7,8)30(28)20-12-13-21(29-9)25-16-20/h10,12-16H,11H2,1-9H3,(H,26,27)/b17-14+,18-10-,19-15+. The van der Waals surface area contributed by atoms with Gasteiger partial charge in [0.15, 0.2) is 4.90 Å². The van der Waals surface area contributed by atoms with Crippen molar-refractivity contribution in [2.75, 3.05) is 7.11 Å². The first-order valence-electron chi connectivity index (χ1n) is 10.2. The molecule has 5 nitrogen and oxygen atoms in total. The van der Waals surface area contributed by atoms with Crippen molar-refractivity contribution in [3.63, 3.8) is 0 Å². The van der Waals surface area contributed by atoms with E-state index in [2.05, 4.69) is 50.1 Å². The average molecular weight is 433 g/mol. The highest BCUT2D eigenvalue weighted by molar-refractivity contribution is 7.93. The molecule has 166 valence electrons. The summed E-state index contributed by atoms with van der Waals surface area (Å²) in [7, 11) is 1.52. The molecule has 1 N–H and O–H groups in total. The van der Waals surface area contributed by atoms with Crippen molar-refractivity contribution < 1.29 is 14.1 Å². The van der Waals surface area contributed by atoms with E-state index in [1.165, 1.54) is 18.9 Å². The number of carbonyl (C=O) groups is 1. The maximum atomic E-state index is 13.0. The summed E-state index contributed by atoms with van der Waals surface area (Å²) in [6, 6.07) is 3.31. The predicted molar refractivity (Wildman–Crippen MR) is 125 cm³/mol. The van der Waals surface area contributed by atoms with E-state index in [9.17, 15) is 9.35 Å². The quantitative estimate of drug-likeness (QED) is 0.445. The number of carbonyl (C=O) groups excluding carboxylic acids is 1. The maximum absolute atomic E-state index is 13.0. The molecule has 0 spiro atoms. The lowest BCUT2D eigenvalue weighted by molar-refractivity contribution is -0.122. The van der Waals surface area contributed by atoms with Crippen LogP contribution in [0.4, 0.5) is 0 Å². The number of ether oxygens (including phenoxy) is 1. The van der Waals surface area contributed by atoms with Crippen LogP contribution in [0.3, 0.4) is 0 Å². The van der Waals surface area contributed by atoms with Gasteiger partial charge in [-0.2, -0.15) is 0 Å². The Bertz CT molecular complexity index is 816. The van der Waals surface area contributed by atoms with Gasteiger partial charge >= 0.3 is 0 Å². The Labute approximate surface area is 184 Å². The normalized spacial score (nSPS) is 15.1. The summed E-state index contributed by atoms with van der Waals surface area (Å²) in [5, 5.41) is 2.93. The van der Waals surface area contributed by atoms with Gasteiger partial charge in [-0.25, -0.2) is 4.98 Å². The topological polar surface area (TPSA) is 74.3 Å². The fourth-order valence-electron chi connectivity index (χ4n) is 2.64. The van der Waals surface area contributed by atoms with Gasteiger partial charge in [0.25, 0.3) is 5.91 Å². The van der Waals surface area contributed by atoms with Crippen LogP contribution in [0.2, 0.25) is 0 Å². The first-order valence-corrected chi connectivity index (χ1v) is 11.3.